The Hall–Kier alpha value is -5.45. The number of carbonyl (C=O) groups is 10. The van der Waals surface area contributed by atoms with Crippen molar-refractivity contribution < 1.29 is 63.3 Å². The zero-order valence-corrected chi connectivity index (χ0v) is 36.7. The summed E-state index contributed by atoms with van der Waals surface area (Å²) < 4.78 is 0. The monoisotopic (exact) mass is 935 g/mol. The van der Waals surface area contributed by atoms with E-state index in [-0.39, 0.29) is 62.7 Å². The first-order valence-electron chi connectivity index (χ1n) is 19.8. The van der Waals surface area contributed by atoms with Gasteiger partial charge in [0.1, 0.15) is 42.3 Å². The van der Waals surface area contributed by atoms with Crippen LogP contribution in [0.2, 0.25) is 0 Å². The van der Waals surface area contributed by atoms with E-state index in [1.54, 1.807) is 13.8 Å². The van der Waals surface area contributed by atoms with E-state index in [9.17, 15) is 58.2 Å². The highest BCUT2D eigenvalue weighted by Gasteiger charge is 2.41. The van der Waals surface area contributed by atoms with Crippen molar-refractivity contribution in [1.82, 2.24) is 42.1 Å². The molecule has 26 nitrogen and oxygen atoms in total. The van der Waals surface area contributed by atoms with Crippen molar-refractivity contribution in [3.8, 4) is 0 Å². The molecular weight excluding hydrogens is 875 g/mol. The Kier molecular flexibility index (Phi) is 24.9. The van der Waals surface area contributed by atoms with Crippen LogP contribution >= 0.6 is 25.3 Å². The van der Waals surface area contributed by atoms with Gasteiger partial charge < -0.3 is 80.4 Å². The Morgan fingerprint density at radius 2 is 1.29 bits per heavy atom. The lowest BCUT2D eigenvalue weighted by Crippen LogP contribution is -2.61. The van der Waals surface area contributed by atoms with Gasteiger partial charge in [0.15, 0.2) is 5.96 Å². The number of aliphatic carboxylic acids is 1. The summed E-state index contributed by atoms with van der Waals surface area (Å²) in [6.45, 7) is 0.631. The fraction of sp³-hybridized carbons (Fsp3) is 0.686. The summed E-state index contributed by atoms with van der Waals surface area (Å²) in [7, 11) is 0. The lowest BCUT2D eigenvalue weighted by Gasteiger charge is -2.32. The van der Waals surface area contributed by atoms with Crippen LogP contribution in [0.15, 0.2) is 4.99 Å². The SMILES string of the molecule is CC(C)[C@H](NC(=O)[C@H](CO)NC(=O)[C@H](CCC(N)=O)NC(=O)[C@@H](N)CS)C(=O)N1CCC[C@H]1C(=O)N[C@@H](CCCN=C(N)N)C(=O)N[C@@H](CO)C(=O)NCC(=O)N[C@@H](CS)C(=O)O. The van der Waals surface area contributed by atoms with Crippen molar-refractivity contribution in [2.75, 3.05) is 44.4 Å². The predicted octanol–water partition coefficient (Wildman–Crippen LogP) is -7.77. The number of amides is 9. The number of nitrogens with zero attached hydrogens (tertiary/aromatic N) is 2. The van der Waals surface area contributed by atoms with Gasteiger partial charge in [0.25, 0.3) is 0 Å². The molecule has 1 saturated heterocycles. The minimum Gasteiger partial charge on any atom is -0.480 e. The van der Waals surface area contributed by atoms with Crippen molar-refractivity contribution in [1.29, 1.82) is 0 Å². The van der Waals surface area contributed by atoms with Crippen molar-refractivity contribution in [3.63, 3.8) is 0 Å². The lowest BCUT2D eigenvalue weighted by molar-refractivity contribution is -0.143. The molecule has 0 unspecified atom stereocenters. The molecule has 1 rings (SSSR count). The molecule has 0 aromatic carbocycles. The van der Waals surface area contributed by atoms with E-state index in [4.69, 9.17) is 28.0 Å². The average molecular weight is 936 g/mol. The first kappa shape index (κ1) is 55.6. The topological polar surface area (TPSA) is 435 Å². The van der Waals surface area contributed by atoms with Crippen LogP contribution in [-0.2, 0) is 47.9 Å². The number of nitrogens with one attached hydrogen (secondary N) is 7. The molecule has 0 radical (unpaired) electrons. The highest BCUT2D eigenvalue weighted by molar-refractivity contribution is 7.80. The minimum absolute atomic E-state index is 0.0244. The quantitative estimate of drug-likeness (QED) is 0.0150. The maximum absolute atomic E-state index is 14.0. The first-order chi connectivity index (χ1) is 29.6. The third kappa shape index (κ3) is 19.2. The van der Waals surface area contributed by atoms with E-state index in [0.29, 0.717) is 6.42 Å². The predicted molar refractivity (Wildman–Crippen MR) is 230 cm³/mol. The number of aliphatic imine (C=N–C) groups is 1. The van der Waals surface area contributed by atoms with Crippen LogP contribution in [-0.4, -0.2) is 178 Å². The number of hydrogen-bond donors (Lipinski definition) is 16. The highest BCUT2D eigenvalue weighted by atomic mass is 32.1. The zero-order valence-electron chi connectivity index (χ0n) is 34.9. The van der Waals surface area contributed by atoms with Crippen LogP contribution in [0, 0.1) is 5.92 Å². The molecule has 8 atom stereocenters. The maximum Gasteiger partial charge on any atom is 0.327 e. The second-order valence-electron chi connectivity index (χ2n) is 14.6. The fourth-order valence-corrected chi connectivity index (χ4v) is 6.27. The van der Waals surface area contributed by atoms with Gasteiger partial charge >= 0.3 is 5.97 Å². The zero-order chi connectivity index (χ0) is 48.0. The Morgan fingerprint density at radius 3 is 1.79 bits per heavy atom. The number of aliphatic hydroxyl groups is 2. The molecule has 0 aliphatic carbocycles. The number of primary amides is 1. The van der Waals surface area contributed by atoms with Gasteiger partial charge in [-0.05, 0) is 38.0 Å². The number of thiol groups is 2. The van der Waals surface area contributed by atoms with Crippen LogP contribution in [0.3, 0.4) is 0 Å². The van der Waals surface area contributed by atoms with Crippen LogP contribution < -0.4 is 60.2 Å². The first-order valence-corrected chi connectivity index (χ1v) is 21.0. The van der Waals surface area contributed by atoms with Gasteiger partial charge in [-0.3, -0.25) is 48.1 Å². The van der Waals surface area contributed by atoms with E-state index in [1.807, 2.05) is 0 Å². The number of guanidine groups is 1. The third-order valence-corrected chi connectivity index (χ3v) is 10.1. The summed E-state index contributed by atoms with van der Waals surface area (Å²) in [5, 5.41) is 45.4. The van der Waals surface area contributed by atoms with Gasteiger partial charge in [0.2, 0.25) is 53.2 Å². The second-order valence-corrected chi connectivity index (χ2v) is 15.4. The number of likely N-dealkylation sites (tertiary alicyclic amines) is 1. The average Bonchev–Trinajstić information content (AvgIpc) is 3.73. The van der Waals surface area contributed by atoms with Crippen molar-refractivity contribution >= 4 is 90.4 Å². The molecule has 18 N–H and O–H groups in total. The molecule has 9 amide bonds. The van der Waals surface area contributed by atoms with E-state index in [0.717, 1.165) is 0 Å². The number of rotatable bonds is 28. The molecule has 1 aliphatic rings. The highest BCUT2D eigenvalue weighted by Crippen LogP contribution is 2.21. The van der Waals surface area contributed by atoms with Crippen LogP contribution in [0.5, 0.6) is 0 Å². The van der Waals surface area contributed by atoms with Gasteiger partial charge in [0, 0.05) is 31.0 Å². The second kappa shape index (κ2) is 28.3. The van der Waals surface area contributed by atoms with E-state index < -0.39 is 133 Å². The fourth-order valence-electron chi connectivity index (χ4n) is 5.86. The molecule has 0 bridgehead atoms. The molecule has 1 aliphatic heterocycles. The lowest BCUT2D eigenvalue weighted by atomic mass is 10.0. The van der Waals surface area contributed by atoms with Gasteiger partial charge in [0.05, 0.1) is 25.8 Å². The molecule has 63 heavy (non-hydrogen) atoms. The summed E-state index contributed by atoms with van der Waals surface area (Å²) in [5.74, 6) is -10.5. The van der Waals surface area contributed by atoms with E-state index >= 15 is 0 Å². The summed E-state index contributed by atoms with van der Waals surface area (Å²) in [5.41, 5.74) is 21.7. The smallest absolute Gasteiger partial charge is 0.327 e. The molecule has 1 fully saturated rings. The largest absolute Gasteiger partial charge is 0.480 e. The normalized spacial score (nSPS) is 16.7. The van der Waals surface area contributed by atoms with Crippen LogP contribution in [0.4, 0.5) is 0 Å². The Bertz CT molecular complexity index is 1670. The Balaban J connectivity index is 3.19. The van der Waals surface area contributed by atoms with Crippen molar-refractivity contribution in [3.05, 3.63) is 0 Å². The third-order valence-electron chi connectivity index (χ3n) is 9.36. The molecule has 1 heterocycles. The van der Waals surface area contributed by atoms with Crippen LogP contribution in [0.25, 0.3) is 0 Å². The summed E-state index contributed by atoms with van der Waals surface area (Å²) >= 11 is 7.78. The van der Waals surface area contributed by atoms with E-state index in [2.05, 4.69) is 67.5 Å². The standard InChI is InChI=1S/C35H61N13O13S2/c1-16(2)26(47-31(57)21(13-50)46-30(56)19(7-8-24(37)51)43-27(53)17(36)14-62)33(59)48-10-4-6-23(48)32(58)44-18(5-3-9-40-35(38)39)29(55)45-20(12-49)28(54)41-11-25(52)42-22(15-63)34(60)61/h16-23,26,49-50,62-63H,3-15,36H2,1-2H3,(H2,37,51)(H,41,54)(H,42,52)(H,43,53)(H,44,58)(H,45,55)(H,46,56)(H,47,57)(H,60,61)(H4,38,39,40)/t17-,18-,19-,20-,21-,22-,23-,26-/m0/s1. The van der Waals surface area contributed by atoms with E-state index in [1.165, 1.54) is 4.90 Å². The molecule has 0 aromatic heterocycles. The molecule has 356 valence electrons. The Morgan fingerprint density at radius 1 is 0.730 bits per heavy atom. The summed E-state index contributed by atoms with van der Waals surface area (Å²) in [6, 6.07) is -11.0. The van der Waals surface area contributed by atoms with Gasteiger partial charge in [-0.25, -0.2) is 4.79 Å². The van der Waals surface area contributed by atoms with Crippen LogP contribution in [0.1, 0.15) is 52.4 Å². The number of hydrogen-bond acceptors (Lipinski definition) is 16. The molecule has 28 heteroatoms. The van der Waals surface area contributed by atoms with Gasteiger partial charge in [-0.15, -0.1) is 0 Å². The van der Waals surface area contributed by atoms with Crippen molar-refractivity contribution in [2.24, 2.45) is 33.8 Å². The number of nitrogens with two attached hydrogens (primary N) is 4. The van der Waals surface area contributed by atoms with Gasteiger partial charge in [-0.1, -0.05) is 13.8 Å². The number of carboxylic acid groups (broad SMARTS) is 1. The number of carbonyl (C=O) groups excluding carboxylic acids is 9. The minimum atomic E-state index is -1.65. The molecule has 0 saturated carbocycles. The molecule has 0 spiro atoms. The van der Waals surface area contributed by atoms with Crippen molar-refractivity contribution in [2.45, 2.75) is 101 Å². The summed E-state index contributed by atoms with van der Waals surface area (Å²) in [4.78, 5) is 133. The number of carboxylic acids is 1. The Labute approximate surface area is 373 Å². The van der Waals surface area contributed by atoms with Gasteiger partial charge in [-0.2, -0.15) is 25.3 Å². The molecule has 0 aromatic rings. The summed E-state index contributed by atoms with van der Waals surface area (Å²) in [6.07, 6.45) is -0.130. The number of aliphatic hydroxyl groups excluding tert-OH is 2. The maximum atomic E-state index is 14.0. The molecular formula is C35H61N13O13S2.